The Morgan fingerprint density at radius 3 is 2.45 bits per heavy atom. The Hall–Kier alpha value is -1.29. The second-order valence-electron chi connectivity index (χ2n) is 7.29. The summed E-state index contributed by atoms with van der Waals surface area (Å²) in [6.45, 7) is 4.03. The van der Waals surface area contributed by atoms with Gasteiger partial charge in [0.15, 0.2) is 5.96 Å². The van der Waals surface area contributed by atoms with E-state index in [-0.39, 0.29) is 35.8 Å². The number of rotatable bonds is 8. The van der Waals surface area contributed by atoms with Crippen molar-refractivity contribution in [2.45, 2.75) is 50.3 Å². The monoisotopic (exact) mass is 530 g/mol. The van der Waals surface area contributed by atoms with Gasteiger partial charge in [0.25, 0.3) is 11.8 Å². The number of unbranched alkanes of at least 4 members (excludes halogenated alkanes) is 1. The van der Waals surface area contributed by atoms with E-state index in [0.717, 1.165) is 30.6 Å². The van der Waals surface area contributed by atoms with Crippen LogP contribution in [0.1, 0.15) is 59.7 Å². The van der Waals surface area contributed by atoms with E-state index < -0.39 is 0 Å². The van der Waals surface area contributed by atoms with Crippen LogP contribution in [0.5, 0.6) is 0 Å². The second kappa shape index (κ2) is 11.8. The van der Waals surface area contributed by atoms with Crippen LogP contribution >= 0.6 is 35.7 Å². The summed E-state index contributed by atoms with van der Waals surface area (Å²) in [4.78, 5) is 30.8. The number of aliphatic imine (C=N–C) groups is 1. The molecule has 0 radical (unpaired) electrons. The third-order valence-corrected chi connectivity index (χ3v) is 6.44. The lowest BCUT2D eigenvalue weighted by Crippen LogP contribution is -2.42. The Morgan fingerprint density at radius 1 is 1.17 bits per heavy atom. The van der Waals surface area contributed by atoms with Crippen LogP contribution in [0, 0.1) is 0 Å². The first-order chi connectivity index (χ1) is 13.6. The first kappa shape index (κ1) is 24.0. The fourth-order valence-corrected chi connectivity index (χ4v) is 4.61. The number of halogens is 1. The van der Waals surface area contributed by atoms with Crippen molar-refractivity contribution in [1.82, 2.24) is 15.5 Å². The van der Waals surface area contributed by atoms with Crippen molar-refractivity contribution in [3.05, 3.63) is 35.4 Å². The maximum atomic E-state index is 12.4. The number of hydrogen-bond acceptors (Lipinski definition) is 4. The Balaban J connectivity index is 0.00000300. The summed E-state index contributed by atoms with van der Waals surface area (Å²) in [5.41, 5.74) is 1.04. The van der Waals surface area contributed by atoms with Gasteiger partial charge in [0, 0.05) is 30.9 Å². The molecule has 0 spiro atoms. The fraction of sp³-hybridized carbons (Fsp3) is 0.571. The molecule has 0 saturated heterocycles. The molecule has 0 bridgehead atoms. The van der Waals surface area contributed by atoms with Gasteiger partial charge in [0.1, 0.15) is 0 Å². The first-order valence-electron chi connectivity index (χ1n) is 10.2. The van der Waals surface area contributed by atoms with Gasteiger partial charge in [-0.25, -0.2) is 0 Å². The SMILES string of the molecule is CCNC(=NCCCCN1C(=O)c2ccccc2C1=O)NC1CCC(SC)C1.I. The molecule has 2 unspecified atom stereocenters. The number of fused-ring (bicyclic) bond motifs is 1. The molecule has 6 nitrogen and oxygen atoms in total. The lowest BCUT2D eigenvalue weighted by molar-refractivity contribution is 0.0652. The predicted molar refractivity (Wildman–Crippen MR) is 131 cm³/mol. The average molecular weight is 530 g/mol. The van der Waals surface area contributed by atoms with Gasteiger partial charge in [0.2, 0.25) is 0 Å². The quantitative estimate of drug-likeness (QED) is 0.177. The Labute approximate surface area is 194 Å². The number of nitrogens with zero attached hydrogens (tertiary/aromatic N) is 2. The van der Waals surface area contributed by atoms with Crippen molar-refractivity contribution in [2.75, 3.05) is 25.9 Å². The molecule has 1 heterocycles. The van der Waals surface area contributed by atoms with Gasteiger partial charge in [-0.05, 0) is 57.4 Å². The molecule has 0 aromatic heterocycles. The molecule has 1 aliphatic carbocycles. The van der Waals surface area contributed by atoms with Crippen LogP contribution in [0.25, 0.3) is 0 Å². The van der Waals surface area contributed by atoms with E-state index in [0.29, 0.717) is 30.3 Å². The highest BCUT2D eigenvalue weighted by Crippen LogP contribution is 2.28. The molecule has 160 valence electrons. The normalized spacial score (nSPS) is 21.2. The number of carbonyl (C=O) groups excluding carboxylic acids is 2. The molecule has 2 amide bonds. The van der Waals surface area contributed by atoms with E-state index >= 15 is 0 Å². The van der Waals surface area contributed by atoms with Crippen molar-refractivity contribution in [3.8, 4) is 0 Å². The van der Waals surface area contributed by atoms with E-state index in [1.165, 1.54) is 24.2 Å². The van der Waals surface area contributed by atoms with E-state index in [1.807, 2.05) is 11.8 Å². The van der Waals surface area contributed by atoms with Crippen molar-refractivity contribution < 1.29 is 9.59 Å². The number of benzene rings is 1. The summed E-state index contributed by atoms with van der Waals surface area (Å²) < 4.78 is 0. The van der Waals surface area contributed by atoms with Crippen LogP contribution in [0.3, 0.4) is 0 Å². The summed E-state index contributed by atoms with van der Waals surface area (Å²) in [5.74, 6) is 0.516. The summed E-state index contributed by atoms with van der Waals surface area (Å²) in [6.07, 6.45) is 7.41. The lowest BCUT2D eigenvalue weighted by Gasteiger charge is -2.17. The molecule has 2 atom stereocenters. The summed E-state index contributed by atoms with van der Waals surface area (Å²) >= 11 is 1.95. The number of carbonyl (C=O) groups is 2. The van der Waals surface area contributed by atoms with Gasteiger partial charge in [0.05, 0.1) is 11.1 Å². The third kappa shape index (κ3) is 6.10. The van der Waals surface area contributed by atoms with E-state index in [2.05, 4.69) is 28.8 Å². The predicted octanol–water partition coefficient (Wildman–Crippen LogP) is 3.52. The van der Waals surface area contributed by atoms with Gasteiger partial charge in [-0.15, -0.1) is 24.0 Å². The minimum absolute atomic E-state index is 0. The van der Waals surface area contributed by atoms with Crippen LogP contribution in [-0.4, -0.2) is 59.9 Å². The Kier molecular flexibility index (Phi) is 9.74. The van der Waals surface area contributed by atoms with Crippen LogP contribution in [0.4, 0.5) is 0 Å². The molecular weight excluding hydrogens is 499 g/mol. The second-order valence-corrected chi connectivity index (χ2v) is 8.43. The van der Waals surface area contributed by atoms with Crippen molar-refractivity contribution >= 4 is 53.5 Å². The molecule has 1 aliphatic heterocycles. The largest absolute Gasteiger partial charge is 0.357 e. The standard InChI is InChI=1S/C21H30N4O2S.HI/c1-3-22-21(24-15-10-11-16(14-15)28-2)23-12-6-7-13-25-19(26)17-8-4-5-9-18(17)20(25)27;/h4-5,8-9,15-16H,3,6-7,10-14H2,1-2H3,(H2,22,23,24);1H. The molecular formula is C21H31IN4O2S. The summed E-state index contributed by atoms with van der Waals surface area (Å²) in [7, 11) is 0. The van der Waals surface area contributed by atoms with Gasteiger partial charge in [-0.1, -0.05) is 12.1 Å². The highest BCUT2D eigenvalue weighted by atomic mass is 127. The molecule has 8 heteroatoms. The van der Waals surface area contributed by atoms with E-state index in [1.54, 1.807) is 24.3 Å². The average Bonchev–Trinajstić information content (AvgIpc) is 3.26. The third-order valence-electron chi connectivity index (χ3n) is 5.34. The summed E-state index contributed by atoms with van der Waals surface area (Å²) in [6, 6.07) is 7.53. The summed E-state index contributed by atoms with van der Waals surface area (Å²) in [5, 5.41) is 7.61. The Morgan fingerprint density at radius 2 is 1.86 bits per heavy atom. The van der Waals surface area contributed by atoms with Crippen LogP contribution in [0.2, 0.25) is 0 Å². The molecule has 3 rings (SSSR count). The molecule has 2 N–H and O–H groups in total. The van der Waals surface area contributed by atoms with Crippen LogP contribution in [0.15, 0.2) is 29.3 Å². The zero-order chi connectivity index (χ0) is 19.9. The topological polar surface area (TPSA) is 73.8 Å². The van der Waals surface area contributed by atoms with Crippen molar-refractivity contribution in [3.63, 3.8) is 0 Å². The number of hydrogen-bond donors (Lipinski definition) is 2. The number of imide groups is 1. The highest BCUT2D eigenvalue weighted by molar-refractivity contribution is 14.0. The van der Waals surface area contributed by atoms with Gasteiger partial charge >= 0.3 is 0 Å². The molecule has 1 fully saturated rings. The number of amides is 2. The smallest absolute Gasteiger partial charge is 0.261 e. The minimum Gasteiger partial charge on any atom is -0.357 e. The molecule has 2 aliphatic rings. The number of thioether (sulfide) groups is 1. The molecule has 1 aromatic rings. The van der Waals surface area contributed by atoms with Gasteiger partial charge in [-0.2, -0.15) is 11.8 Å². The van der Waals surface area contributed by atoms with Crippen LogP contribution < -0.4 is 10.6 Å². The van der Waals surface area contributed by atoms with Gasteiger partial charge in [-0.3, -0.25) is 19.5 Å². The van der Waals surface area contributed by atoms with Crippen LogP contribution in [-0.2, 0) is 0 Å². The number of nitrogens with one attached hydrogen (secondary N) is 2. The van der Waals surface area contributed by atoms with E-state index in [9.17, 15) is 9.59 Å². The highest BCUT2D eigenvalue weighted by Gasteiger charge is 2.34. The zero-order valence-corrected chi connectivity index (χ0v) is 20.3. The van der Waals surface area contributed by atoms with Crippen molar-refractivity contribution in [1.29, 1.82) is 0 Å². The number of guanidine groups is 1. The molecule has 1 aromatic carbocycles. The first-order valence-corrected chi connectivity index (χ1v) is 11.5. The molecule has 29 heavy (non-hydrogen) atoms. The van der Waals surface area contributed by atoms with Crippen molar-refractivity contribution in [2.24, 2.45) is 4.99 Å². The lowest BCUT2D eigenvalue weighted by atomic mass is 10.1. The Bertz CT molecular complexity index is 708. The maximum absolute atomic E-state index is 12.4. The minimum atomic E-state index is -0.177. The van der Waals surface area contributed by atoms with E-state index in [4.69, 9.17) is 0 Å². The maximum Gasteiger partial charge on any atom is 0.261 e. The zero-order valence-electron chi connectivity index (χ0n) is 17.1. The fourth-order valence-electron chi connectivity index (χ4n) is 3.81. The molecule has 1 saturated carbocycles. The van der Waals surface area contributed by atoms with Gasteiger partial charge < -0.3 is 10.6 Å².